The van der Waals surface area contributed by atoms with Crippen LogP contribution in [0, 0.1) is 5.92 Å². The van der Waals surface area contributed by atoms with Gasteiger partial charge in [-0.25, -0.2) is 0 Å². The van der Waals surface area contributed by atoms with E-state index in [2.05, 4.69) is 0 Å². The number of rotatable bonds is 4. The lowest BCUT2D eigenvalue weighted by atomic mass is 9.67. The second-order valence-electron chi connectivity index (χ2n) is 6.21. The Morgan fingerprint density at radius 2 is 1.83 bits per heavy atom. The second kappa shape index (κ2) is 7.10. The molecule has 0 heterocycles. The van der Waals surface area contributed by atoms with Crippen molar-refractivity contribution in [3.63, 3.8) is 0 Å². The van der Waals surface area contributed by atoms with Crippen LogP contribution >= 0.6 is 0 Å². The normalized spacial score (nSPS) is 28.7. The fourth-order valence-electron chi connectivity index (χ4n) is 3.47. The summed E-state index contributed by atoms with van der Waals surface area (Å²) in [5.74, 6) is -1.17. The minimum atomic E-state index is -1.15. The van der Waals surface area contributed by atoms with Gasteiger partial charge in [0, 0.05) is 0 Å². The van der Waals surface area contributed by atoms with Crippen molar-refractivity contribution in [1.29, 1.82) is 0 Å². The quantitative estimate of drug-likeness (QED) is 0.800. The van der Waals surface area contributed by atoms with Gasteiger partial charge in [0.25, 0.3) is 0 Å². The number of carbonyl (C=O) groups excluding carboxylic acids is 2. The molecule has 0 radical (unpaired) electrons. The van der Waals surface area contributed by atoms with Crippen molar-refractivity contribution in [2.75, 3.05) is 14.2 Å². The summed E-state index contributed by atoms with van der Waals surface area (Å²) in [6.45, 7) is 0. The average Bonchev–Trinajstić information content (AvgIpc) is 2.59. The Balaban J connectivity index is 2.31. The fourth-order valence-corrected chi connectivity index (χ4v) is 3.47. The molecule has 4 unspecified atom stereocenters. The molecule has 1 aliphatic rings. The summed E-state index contributed by atoms with van der Waals surface area (Å²) in [5.41, 5.74) is 12.3. The lowest BCUT2D eigenvalue weighted by molar-refractivity contribution is -0.151. The van der Waals surface area contributed by atoms with Gasteiger partial charge in [-0.3, -0.25) is 9.59 Å². The zero-order chi connectivity index (χ0) is 17.0. The van der Waals surface area contributed by atoms with Crippen molar-refractivity contribution in [2.45, 2.75) is 36.8 Å². The first-order chi connectivity index (χ1) is 10.9. The maximum Gasteiger partial charge on any atom is 0.325 e. The molecule has 1 aromatic carbocycles. The van der Waals surface area contributed by atoms with Gasteiger partial charge in [0.05, 0.1) is 14.2 Å². The van der Waals surface area contributed by atoms with Gasteiger partial charge in [0.1, 0.15) is 11.6 Å². The lowest BCUT2D eigenvalue weighted by Gasteiger charge is -2.41. The lowest BCUT2D eigenvalue weighted by Crippen LogP contribution is -2.56. The van der Waals surface area contributed by atoms with Gasteiger partial charge in [0.15, 0.2) is 0 Å². The molecular formula is C17H24N2O4. The molecule has 0 amide bonds. The summed E-state index contributed by atoms with van der Waals surface area (Å²) in [5, 5.41) is 0. The smallest absolute Gasteiger partial charge is 0.325 e. The summed E-state index contributed by atoms with van der Waals surface area (Å²) in [6, 6.07) is 8.99. The maximum atomic E-state index is 12.2. The molecule has 0 aliphatic heterocycles. The van der Waals surface area contributed by atoms with Gasteiger partial charge in [-0.15, -0.1) is 0 Å². The van der Waals surface area contributed by atoms with Crippen LogP contribution in [-0.2, 0) is 19.1 Å². The molecule has 23 heavy (non-hydrogen) atoms. The molecule has 0 bridgehead atoms. The molecular weight excluding hydrogens is 296 g/mol. The summed E-state index contributed by atoms with van der Waals surface area (Å²) >= 11 is 0. The average molecular weight is 320 g/mol. The predicted molar refractivity (Wildman–Crippen MR) is 85.4 cm³/mol. The first-order valence-electron chi connectivity index (χ1n) is 7.67. The zero-order valence-electron chi connectivity index (χ0n) is 13.5. The third-order valence-corrected chi connectivity index (χ3v) is 4.67. The largest absolute Gasteiger partial charge is 0.468 e. The highest BCUT2D eigenvalue weighted by molar-refractivity contribution is 5.81. The minimum Gasteiger partial charge on any atom is -0.468 e. The van der Waals surface area contributed by atoms with Crippen molar-refractivity contribution < 1.29 is 19.1 Å². The van der Waals surface area contributed by atoms with Gasteiger partial charge >= 0.3 is 11.9 Å². The van der Waals surface area contributed by atoms with E-state index in [1.54, 1.807) is 0 Å². The number of methoxy groups -OCH3 is 2. The van der Waals surface area contributed by atoms with Gasteiger partial charge in [0.2, 0.25) is 0 Å². The van der Waals surface area contributed by atoms with Gasteiger partial charge in [-0.05, 0) is 36.7 Å². The monoisotopic (exact) mass is 320 g/mol. The van der Waals surface area contributed by atoms with Crippen molar-refractivity contribution in [3.05, 3.63) is 35.9 Å². The molecule has 1 aliphatic carbocycles. The van der Waals surface area contributed by atoms with Gasteiger partial charge < -0.3 is 20.9 Å². The highest BCUT2D eigenvalue weighted by Gasteiger charge is 2.47. The molecule has 0 aromatic heterocycles. The topological polar surface area (TPSA) is 105 Å². The highest BCUT2D eigenvalue weighted by atomic mass is 16.5. The molecule has 126 valence electrons. The van der Waals surface area contributed by atoms with E-state index in [1.807, 2.05) is 30.3 Å². The predicted octanol–water partition coefficient (Wildman–Crippen LogP) is 0.941. The first kappa shape index (κ1) is 17.4. The summed E-state index contributed by atoms with van der Waals surface area (Å²) in [4.78, 5) is 24.0. The van der Waals surface area contributed by atoms with E-state index >= 15 is 0 Å². The Hall–Kier alpha value is -1.92. The van der Waals surface area contributed by atoms with Crippen LogP contribution in [0.5, 0.6) is 0 Å². The molecule has 6 heteroatoms. The third kappa shape index (κ3) is 3.71. The van der Waals surface area contributed by atoms with Gasteiger partial charge in [-0.1, -0.05) is 30.3 Å². The molecule has 1 fully saturated rings. The number of ether oxygens (including phenoxy) is 2. The zero-order valence-corrected chi connectivity index (χ0v) is 13.5. The number of carbonyl (C=O) groups is 2. The molecule has 4 N–H and O–H groups in total. The number of benzene rings is 1. The Labute approximate surface area is 136 Å². The van der Waals surface area contributed by atoms with Crippen molar-refractivity contribution in [3.8, 4) is 0 Å². The first-order valence-corrected chi connectivity index (χ1v) is 7.67. The summed E-state index contributed by atoms with van der Waals surface area (Å²) in [6.07, 6.45) is 1.45. The highest BCUT2D eigenvalue weighted by Crippen LogP contribution is 2.42. The van der Waals surface area contributed by atoms with Crippen LogP contribution in [0.4, 0.5) is 0 Å². The Morgan fingerprint density at radius 3 is 2.39 bits per heavy atom. The molecule has 0 saturated heterocycles. The minimum absolute atomic E-state index is 0.0368. The molecule has 0 spiro atoms. The number of hydrogen-bond donors (Lipinski definition) is 2. The van der Waals surface area contributed by atoms with Crippen molar-refractivity contribution >= 4 is 11.9 Å². The third-order valence-electron chi connectivity index (χ3n) is 4.67. The van der Waals surface area contributed by atoms with E-state index in [1.165, 1.54) is 14.2 Å². The van der Waals surface area contributed by atoms with Gasteiger partial charge in [-0.2, -0.15) is 0 Å². The van der Waals surface area contributed by atoms with Crippen LogP contribution in [0.15, 0.2) is 30.3 Å². The van der Waals surface area contributed by atoms with E-state index < -0.39 is 23.5 Å². The number of nitrogens with two attached hydrogens (primary N) is 2. The Morgan fingerprint density at radius 1 is 1.17 bits per heavy atom. The SMILES string of the molecule is COC(=O)C(N)C1CC(c2ccccc2)CC(N)(C(=O)OC)C1. The Kier molecular flexibility index (Phi) is 5.38. The molecule has 1 saturated carbocycles. The maximum absolute atomic E-state index is 12.2. The van der Waals surface area contributed by atoms with Crippen LogP contribution in [0.25, 0.3) is 0 Å². The van der Waals surface area contributed by atoms with Crippen LogP contribution in [0.1, 0.15) is 30.7 Å². The van der Waals surface area contributed by atoms with E-state index in [0.29, 0.717) is 19.3 Å². The summed E-state index contributed by atoms with van der Waals surface area (Å²) in [7, 11) is 2.62. The van der Waals surface area contributed by atoms with E-state index in [-0.39, 0.29) is 11.8 Å². The number of esters is 2. The van der Waals surface area contributed by atoms with Crippen molar-refractivity contribution in [2.24, 2.45) is 17.4 Å². The van der Waals surface area contributed by atoms with E-state index in [0.717, 1.165) is 5.56 Å². The van der Waals surface area contributed by atoms with E-state index in [4.69, 9.17) is 20.9 Å². The molecule has 2 rings (SSSR count). The van der Waals surface area contributed by atoms with Crippen LogP contribution in [0.3, 0.4) is 0 Å². The molecule has 4 atom stereocenters. The molecule has 6 nitrogen and oxygen atoms in total. The fraction of sp³-hybridized carbons (Fsp3) is 0.529. The van der Waals surface area contributed by atoms with Crippen LogP contribution in [-0.4, -0.2) is 37.7 Å². The molecule has 1 aromatic rings. The summed E-state index contributed by atoms with van der Waals surface area (Å²) < 4.78 is 9.61. The van der Waals surface area contributed by atoms with E-state index in [9.17, 15) is 9.59 Å². The second-order valence-corrected chi connectivity index (χ2v) is 6.21. The Bertz CT molecular complexity index is 563. The van der Waals surface area contributed by atoms with Crippen LogP contribution < -0.4 is 11.5 Å². The van der Waals surface area contributed by atoms with Crippen LogP contribution in [0.2, 0.25) is 0 Å². The van der Waals surface area contributed by atoms with Crippen molar-refractivity contribution in [1.82, 2.24) is 0 Å². The number of hydrogen-bond acceptors (Lipinski definition) is 6. The standard InChI is InChI=1S/C17H24N2O4/c1-22-15(20)14(18)13-8-12(11-6-4-3-5-7-11)9-17(19,10-13)16(21)23-2/h3-7,12-14H,8-10,18-19H2,1-2H3.